The maximum Gasteiger partial charge on any atom is 0.466 e. The molecule has 0 saturated heterocycles. The molecule has 2 aromatic carbocycles. The van der Waals surface area contributed by atoms with Crippen LogP contribution in [0, 0.1) is 5.95 Å². The number of benzene rings is 2. The molecule has 4 heterocycles. The number of fused-ring (bicyclic) bond motifs is 5. The van der Waals surface area contributed by atoms with Crippen LogP contribution in [-0.2, 0) is 11.1 Å². The number of hydrogen-bond acceptors (Lipinski definition) is 7. The molecule has 222 valence electrons. The minimum atomic E-state index is -4.64. The van der Waals surface area contributed by atoms with Gasteiger partial charge in [-0.3, -0.25) is 14.6 Å². The van der Waals surface area contributed by atoms with Gasteiger partial charge in [0.2, 0.25) is 11.9 Å². The fourth-order valence-corrected chi connectivity index (χ4v) is 5.73. The molecule has 1 amide bonds. The summed E-state index contributed by atoms with van der Waals surface area (Å²) in [4.78, 5) is 47.9. The highest BCUT2D eigenvalue weighted by Crippen LogP contribution is 2.43. The van der Waals surface area contributed by atoms with Gasteiger partial charge in [0.05, 0.1) is 24.3 Å². The van der Waals surface area contributed by atoms with Gasteiger partial charge in [-0.2, -0.15) is 9.49 Å². The number of nitrogens with zero attached hydrogens (tertiary/aromatic N) is 6. The third kappa shape index (κ3) is 5.93. The number of halogens is 1. The maximum atomic E-state index is 13.7. The second kappa shape index (κ2) is 11.3. The third-order valence-electron chi connectivity index (χ3n) is 7.59. The lowest BCUT2D eigenvalue weighted by molar-refractivity contribution is 0.0865. The lowest BCUT2D eigenvalue weighted by Gasteiger charge is -2.34. The maximum absolute atomic E-state index is 13.7. The number of aromatic nitrogens is 3. The van der Waals surface area contributed by atoms with E-state index in [-0.39, 0.29) is 18.0 Å². The highest BCUT2D eigenvalue weighted by molar-refractivity contribution is 7.45. The van der Waals surface area contributed by atoms with Crippen molar-refractivity contribution in [3.05, 3.63) is 89.9 Å². The first-order valence-corrected chi connectivity index (χ1v) is 15.2. The van der Waals surface area contributed by atoms with E-state index in [4.69, 9.17) is 29.3 Å². The molecule has 14 heteroatoms. The topological polar surface area (TPSA) is 156 Å². The summed E-state index contributed by atoms with van der Waals surface area (Å²) in [7, 11) is -2.85. The summed E-state index contributed by atoms with van der Waals surface area (Å²) in [5.74, 6) is 1.39. The van der Waals surface area contributed by atoms with Crippen LogP contribution in [0.25, 0.3) is 11.3 Å². The van der Waals surface area contributed by atoms with Crippen LogP contribution in [0.3, 0.4) is 0 Å². The third-order valence-corrected chi connectivity index (χ3v) is 7.59. The van der Waals surface area contributed by atoms with Gasteiger partial charge >= 0.3 is 7.82 Å². The number of carbonyl (C=O) groups excluding carboxylic acids is 1. The summed E-state index contributed by atoms with van der Waals surface area (Å²) < 4.78 is 24.4. The zero-order valence-corrected chi connectivity index (χ0v) is 24.0. The van der Waals surface area contributed by atoms with Crippen LogP contribution in [0.1, 0.15) is 35.2 Å². The van der Waals surface area contributed by atoms with Crippen molar-refractivity contribution in [2.24, 2.45) is 4.99 Å². The molecule has 2 atom stereocenters. The van der Waals surface area contributed by atoms with Gasteiger partial charge in [0, 0.05) is 18.3 Å². The Morgan fingerprint density at radius 1 is 1.00 bits per heavy atom. The number of pyridine rings is 1. The molecule has 43 heavy (non-hydrogen) atoms. The Morgan fingerprint density at radius 3 is 2.42 bits per heavy atom. The van der Waals surface area contributed by atoms with Crippen molar-refractivity contribution in [1.82, 2.24) is 19.7 Å². The van der Waals surface area contributed by atoms with E-state index in [1.54, 1.807) is 24.1 Å². The lowest BCUT2D eigenvalue weighted by atomic mass is 10.1. The van der Waals surface area contributed by atoms with Gasteiger partial charge < -0.3 is 20.0 Å². The van der Waals surface area contributed by atoms with E-state index in [1.807, 2.05) is 59.3 Å². The van der Waals surface area contributed by atoms with Crippen LogP contribution in [-0.4, -0.2) is 65.3 Å². The van der Waals surface area contributed by atoms with Crippen LogP contribution < -0.4 is 10.2 Å². The summed E-state index contributed by atoms with van der Waals surface area (Å²) in [6.45, 7) is 0.449. The van der Waals surface area contributed by atoms with Crippen LogP contribution >= 0.6 is 7.82 Å². The number of amides is 1. The average molecular weight is 606 g/mol. The Balaban J connectivity index is 0.000000611. The number of aliphatic imine (C=N–C) groups is 1. The highest BCUT2D eigenvalue weighted by atomic mass is 31.2. The van der Waals surface area contributed by atoms with E-state index in [1.165, 1.54) is 6.07 Å². The largest absolute Gasteiger partial charge is 0.466 e. The highest BCUT2D eigenvalue weighted by Gasteiger charge is 2.49. The summed E-state index contributed by atoms with van der Waals surface area (Å²) in [5, 5.41) is 8.48. The van der Waals surface area contributed by atoms with Crippen molar-refractivity contribution in [1.29, 1.82) is 0 Å². The van der Waals surface area contributed by atoms with Crippen molar-refractivity contribution < 1.29 is 28.4 Å². The van der Waals surface area contributed by atoms with Gasteiger partial charge in [-0.1, -0.05) is 48.5 Å². The predicted octanol–water partition coefficient (Wildman–Crippen LogP) is 4.13. The van der Waals surface area contributed by atoms with Crippen LogP contribution in [0.4, 0.5) is 21.7 Å². The lowest BCUT2D eigenvalue weighted by Crippen LogP contribution is -2.51. The second-order valence-electron chi connectivity index (χ2n) is 10.5. The van der Waals surface area contributed by atoms with Crippen LogP contribution in [0.5, 0.6) is 0 Å². The quantitative estimate of drug-likeness (QED) is 0.194. The number of anilines is 3. The number of hydrogen-bond donors (Lipinski definition) is 4. The number of nitrogens with one attached hydrogen (secondary N) is 1. The molecule has 1 aliphatic carbocycles. The van der Waals surface area contributed by atoms with E-state index in [9.17, 15) is 9.18 Å². The molecule has 0 spiro atoms. The normalized spacial score (nSPS) is 18.8. The standard InChI is InChI=1S/C29H26FN7O.H3O4P/c1-35-28(38)25-26(31-20-7-3-2-4-8-20)36(34-27(25)37-23-11-5-10-22(23)33-29(35)37)17-18-13-15-19(16-14-18)21-9-6-12-24(30)32-21;1-5(2,3)4/h2-4,6-9,12-16,22-23,31H,5,10-11,17H2,1H3;(H3,1,2,3,4)/t22-,23+;/m1./s1. The molecule has 3 aliphatic rings. The SMILES string of the molecule is CN1C(=O)c2c(nn(Cc3ccc(-c4cccc(F)n4)cc3)c2Nc2ccccc2)N2C1=N[C@@H]1CCC[C@@H]12.O=P(O)(O)O. The molecule has 1 saturated carbocycles. The number of para-hydroxylation sites is 1. The number of rotatable bonds is 5. The van der Waals surface area contributed by atoms with E-state index in [2.05, 4.69) is 15.2 Å². The average Bonchev–Trinajstić information content (AvgIpc) is 3.66. The molecule has 0 unspecified atom stereocenters. The van der Waals surface area contributed by atoms with Gasteiger partial charge in [-0.25, -0.2) is 19.2 Å². The molecule has 4 aromatic rings. The van der Waals surface area contributed by atoms with Gasteiger partial charge in [0.15, 0.2) is 5.82 Å². The van der Waals surface area contributed by atoms with E-state index in [0.717, 1.165) is 36.1 Å². The molecule has 4 N–H and O–H groups in total. The summed E-state index contributed by atoms with van der Waals surface area (Å²) in [6, 6.07) is 22.8. The zero-order chi connectivity index (χ0) is 30.3. The second-order valence-corrected chi connectivity index (χ2v) is 11.5. The Labute approximate surface area is 246 Å². The van der Waals surface area contributed by atoms with Crippen LogP contribution in [0.15, 0.2) is 77.8 Å². The van der Waals surface area contributed by atoms with E-state index >= 15 is 0 Å². The first kappa shape index (κ1) is 28.7. The fourth-order valence-electron chi connectivity index (χ4n) is 5.73. The molecule has 2 aromatic heterocycles. The summed E-state index contributed by atoms with van der Waals surface area (Å²) in [6.07, 6.45) is 3.19. The van der Waals surface area contributed by atoms with E-state index in [0.29, 0.717) is 35.4 Å². The van der Waals surface area contributed by atoms with Gasteiger partial charge in [-0.15, -0.1) is 0 Å². The minimum absolute atomic E-state index is 0.118. The van der Waals surface area contributed by atoms with E-state index < -0.39 is 13.8 Å². The van der Waals surface area contributed by atoms with Crippen molar-refractivity contribution in [3.63, 3.8) is 0 Å². The van der Waals surface area contributed by atoms with Crippen molar-refractivity contribution in [3.8, 4) is 11.3 Å². The molecule has 0 bridgehead atoms. The summed E-state index contributed by atoms with van der Waals surface area (Å²) in [5.41, 5.74) is 3.84. The molecular formula is C29H29FN7O5P. The molecular weight excluding hydrogens is 576 g/mol. The number of phosphoric acid groups is 1. The summed E-state index contributed by atoms with van der Waals surface area (Å²) >= 11 is 0. The molecule has 2 aliphatic heterocycles. The molecule has 0 radical (unpaired) electrons. The van der Waals surface area contributed by atoms with Crippen LogP contribution in [0.2, 0.25) is 0 Å². The predicted molar refractivity (Wildman–Crippen MR) is 158 cm³/mol. The van der Waals surface area contributed by atoms with Gasteiger partial charge in [0.25, 0.3) is 5.91 Å². The Morgan fingerprint density at radius 2 is 1.72 bits per heavy atom. The monoisotopic (exact) mass is 605 g/mol. The number of carbonyl (C=O) groups is 1. The van der Waals surface area contributed by atoms with Gasteiger partial charge in [0.1, 0.15) is 11.4 Å². The van der Waals surface area contributed by atoms with Crippen molar-refractivity contribution in [2.75, 3.05) is 17.3 Å². The van der Waals surface area contributed by atoms with Crippen molar-refractivity contribution >= 4 is 37.0 Å². The molecule has 12 nitrogen and oxygen atoms in total. The first-order valence-electron chi connectivity index (χ1n) is 13.6. The first-order chi connectivity index (χ1) is 20.6. The molecule has 1 fully saturated rings. The number of guanidine groups is 1. The Bertz CT molecular complexity index is 1730. The Kier molecular flexibility index (Phi) is 7.57. The zero-order valence-electron chi connectivity index (χ0n) is 23.1. The Hall–Kier alpha value is -4.42. The van der Waals surface area contributed by atoms with Gasteiger partial charge in [-0.05, 0) is 49.1 Å². The molecule has 7 rings (SSSR count). The smallest absolute Gasteiger partial charge is 0.340 e. The minimum Gasteiger partial charge on any atom is -0.340 e. The fraction of sp³-hybridized carbons (Fsp3) is 0.241. The van der Waals surface area contributed by atoms with Crippen molar-refractivity contribution in [2.45, 2.75) is 37.9 Å².